The molecule has 1 aromatic heterocycles. The second-order valence-electron chi connectivity index (χ2n) is 5.73. The van der Waals surface area contributed by atoms with E-state index in [1.54, 1.807) is 4.68 Å². The normalized spacial score (nSPS) is 29.7. The van der Waals surface area contributed by atoms with Crippen LogP contribution in [0.2, 0.25) is 0 Å². The van der Waals surface area contributed by atoms with Gasteiger partial charge in [0.1, 0.15) is 0 Å². The summed E-state index contributed by atoms with van der Waals surface area (Å²) in [6, 6.07) is 1.34. The van der Waals surface area contributed by atoms with Crippen LogP contribution in [-0.2, 0) is 13.6 Å². The van der Waals surface area contributed by atoms with Gasteiger partial charge in [-0.05, 0) is 25.2 Å². The van der Waals surface area contributed by atoms with Crippen molar-refractivity contribution >= 4 is 0 Å². The first-order valence-electron chi connectivity index (χ1n) is 7.09. The summed E-state index contributed by atoms with van der Waals surface area (Å²) in [6.45, 7) is 5.50. The Morgan fingerprint density at radius 3 is 2.89 bits per heavy atom. The molecule has 0 aromatic carbocycles. The molecule has 3 rings (SSSR count). The summed E-state index contributed by atoms with van der Waals surface area (Å²) in [5, 5.41) is 12.0. The van der Waals surface area contributed by atoms with Crippen LogP contribution in [0.25, 0.3) is 0 Å². The molecule has 1 aliphatic carbocycles. The van der Waals surface area contributed by atoms with Crippen LogP contribution in [0, 0.1) is 5.92 Å². The monoisotopic (exact) mass is 249 g/mol. The summed E-state index contributed by atoms with van der Waals surface area (Å²) in [7, 11) is 1.93. The lowest BCUT2D eigenvalue weighted by Crippen LogP contribution is -2.56. The highest BCUT2D eigenvalue weighted by Crippen LogP contribution is 2.34. The Morgan fingerprint density at radius 1 is 1.44 bits per heavy atom. The van der Waals surface area contributed by atoms with Crippen molar-refractivity contribution in [3.63, 3.8) is 0 Å². The predicted molar refractivity (Wildman–Crippen MR) is 70.0 cm³/mol. The zero-order chi connectivity index (χ0) is 12.5. The number of aromatic nitrogens is 3. The van der Waals surface area contributed by atoms with Crippen LogP contribution >= 0.6 is 0 Å². The number of rotatable bonds is 4. The Labute approximate surface area is 109 Å². The predicted octanol–water partition coefficient (Wildman–Crippen LogP) is 0.777. The quantitative estimate of drug-likeness (QED) is 0.856. The van der Waals surface area contributed by atoms with E-state index in [0.29, 0.717) is 12.1 Å². The van der Waals surface area contributed by atoms with Crippen molar-refractivity contribution in [1.82, 2.24) is 25.2 Å². The van der Waals surface area contributed by atoms with E-state index >= 15 is 0 Å². The second-order valence-corrected chi connectivity index (χ2v) is 5.73. The lowest BCUT2D eigenvalue weighted by atomic mass is 10.0. The summed E-state index contributed by atoms with van der Waals surface area (Å²) < 4.78 is 1.79. The summed E-state index contributed by atoms with van der Waals surface area (Å²) in [6.07, 6.45) is 6.05. The first kappa shape index (κ1) is 12.1. The van der Waals surface area contributed by atoms with Crippen LogP contribution in [0.15, 0.2) is 6.20 Å². The smallest absolute Gasteiger partial charge is 0.0967 e. The molecular formula is C13H23N5. The molecule has 1 aromatic rings. The third kappa shape index (κ3) is 2.57. The Bertz CT molecular complexity index is 398. The van der Waals surface area contributed by atoms with Crippen molar-refractivity contribution in [1.29, 1.82) is 0 Å². The van der Waals surface area contributed by atoms with Crippen molar-refractivity contribution in [3.05, 3.63) is 11.9 Å². The van der Waals surface area contributed by atoms with E-state index in [9.17, 15) is 0 Å². The first-order valence-corrected chi connectivity index (χ1v) is 7.09. The zero-order valence-electron chi connectivity index (χ0n) is 11.3. The molecule has 100 valence electrons. The average molecular weight is 249 g/mol. The fourth-order valence-corrected chi connectivity index (χ4v) is 2.97. The minimum Gasteiger partial charge on any atom is -0.311 e. The second kappa shape index (κ2) is 4.97. The molecule has 2 atom stereocenters. The number of piperazine rings is 1. The molecule has 1 saturated heterocycles. The van der Waals surface area contributed by atoms with E-state index < -0.39 is 0 Å². The Morgan fingerprint density at radius 2 is 2.28 bits per heavy atom. The van der Waals surface area contributed by atoms with Gasteiger partial charge in [-0.25, -0.2) is 0 Å². The molecule has 18 heavy (non-hydrogen) atoms. The van der Waals surface area contributed by atoms with Crippen LogP contribution in [0.1, 0.15) is 31.9 Å². The number of nitrogens with zero attached hydrogens (tertiary/aromatic N) is 4. The summed E-state index contributed by atoms with van der Waals surface area (Å²) in [5.74, 6) is 0.923. The van der Waals surface area contributed by atoms with Gasteiger partial charge in [0.25, 0.3) is 0 Å². The molecule has 0 radical (unpaired) electrons. The van der Waals surface area contributed by atoms with Gasteiger partial charge in [-0.1, -0.05) is 12.1 Å². The van der Waals surface area contributed by atoms with Gasteiger partial charge < -0.3 is 5.32 Å². The highest BCUT2D eigenvalue weighted by Gasteiger charge is 2.36. The fourth-order valence-electron chi connectivity index (χ4n) is 2.97. The first-order chi connectivity index (χ1) is 8.76. The average Bonchev–Trinajstić information content (AvgIpc) is 3.14. The van der Waals surface area contributed by atoms with E-state index in [1.807, 2.05) is 13.2 Å². The summed E-state index contributed by atoms with van der Waals surface area (Å²) >= 11 is 0. The van der Waals surface area contributed by atoms with Crippen molar-refractivity contribution < 1.29 is 0 Å². The number of nitrogens with one attached hydrogen (secondary N) is 1. The molecular weight excluding hydrogens is 226 g/mol. The van der Waals surface area contributed by atoms with E-state index in [1.165, 1.54) is 25.8 Å². The molecule has 0 amide bonds. The third-order valence-corrected chi connectivity index (χ3v) is 4.24. The van der Waals surface area contributed by atoms with Crippen molar-refractivity contribution in [2.24, 2.45) is 13.0 Å². The van der Waals surface area contributed by atoms with Gasteiger partial charge in [-0.3, -0.25) is 9.58 Å². The van der Waals surface area contributed by atoms with Crippen LogP contribution in [0.4, 0.5) is 0 Å². The standard InChI is InChI=1S/C13H23N5/c1-3-12-6-14-13(10-4-5-10)9-18(12)8-11-7-17(2)16-15-11/h7,10,12-14H,3-6,8-9H2,1-2H3. The van der Waals surface area contributed by atoms with Crippen molar-refractivity contribution in [2.45, 2.75) is 44.8 Å². The molecule has 2 aliphatic rings. The van der Waals surface area contributed by atoms with Gasteiger partial charge >= 0.3 is 0 Å². The Balaban J connectivity index is 1.65. The molecule has 0 spiro atoms. The van der Waals surface area contributed by atoms with Gasteiger partial charge in [-0.2, -0.15) is 0 Å². The summed E-state index contributed by atoms with van der Waals surface area (Å²) in [5.41, 5.74) is 1.09. The van der Waals surface area contributed by atoms with Crippen LogP contribution in [0.3, 0.4) is 0 Å². The van der Waals surface area contributed by atoms with Gasteiger partial charge in [0.05, 0.1) is 5.69 Å². The number of hydrogen-bond acceptors (Lipinski definition) is 4. The van der Waals surface area contributed by atoms with E-state index in [2.05, 4.69) is 27.5 Å². The maximum absolute atomic E-state index is 4.22. The molecule has 1 N–H and O–H groups in total. The number of aryl methyl sites for hydroxylation is 1. The van der Waals surface area contributed by atoms with Crippen LogP contribution in [-0.4, -0.2) is 45.1 Å². The minimum atomic E-state index is 0.641. The SMILES string of the molecule is CCC1CNC(C2CC2)CN1Cc1cn(C)nn1. The molecule has 2 unspecified atom stereocenters. The van der Waals surface area contributed by atoms with Crippen LogP contribution < -0.4 is 5.32 Å². The summed E-state index contributed by atoms with van der Waals surface area (Å²) in [4.78, 5) is 2.59. The molecule has 5 heteroatoms. The Kier molecular flexibility index (Phi) is 3.35. The van der Waals surface area contributed by atoms with Gasteiger partial charge in [0.15, 0.2) is 0 Å². The van der Waals surface area contributed by atoms with E-state index in [0.717, 1.165) is 24.7 Å². The topological polar surface area (TPSA) is 46.0 Å². The lowest BCUT2D eigenvalue weighted by Gasteiger charge is -2.40. The van der Waals surface area contributed by atoms with Crippen LogP contribution in [0.5, 0.6) is 0 Å². The Hall–Kier alpha value is -0.940. The minimum absolute atomic E-state index is 0.641. The molecule has 5 nitrogen and oxygen atoms in total. The largest absolute Gasteiger partial charge is 0.311 e. The van der Waals surface area contributed by atoms with Crippen molar-refractivity contribution in [3.8, 4) is 0 Å². The number of hydrogen-bond donors (Lipinski definition) is 1. The maximum atomic E-state index is 4.22. The lowest BCUT2D eigenvalue weighted by molar-refractivity contribution is 0.110. The maximum Gasteiger partial charge on any atom is 0.0967 e. The third-order valence-electron chi connectivity index (χ3n) is 4.24. The van der Waals surface area contributed by atoms with Gasteiger partial charge in [-0.15, -0.1) is 5.10 Å². The van der Waals surface area contributed by atoms with Gasteiger partial charge in [0.2, 0.25) is 0 Å². The molecule has 2 fully saturated rings. The molecule has 1 saturated carbocycles. The van der Waals surface area contributed by atoms with E-state index in [-0.39, 0.29) is 0 Å². The molecule has 2 heterocycles. The van der Waals surface area contributed by atoms with Crippen molar-refractivity contribution in [2.75, 3.05) is 13.1 Å². The fraction of sp³-hybridized carbons (Fsp3) is 0.846. The molecule has 0 bridgehead atoms. The molecule has 1 aliphatic heterocycles. The van der Waals surface area contributed by atoms with Gasteiger partial charge in [0, 0.05) is 45.0 Å². The zero-order valence-corrected chi connectivity index (χ0v) is 11.3. The highest BCUT2D eigenvalue weighted by molar-refractivity contribution is 4.98. The highest BCUT2D eigenvalue weighted by atomic mass is 15.4. The van der Waals surface area contributed by atoms with E-state index in [4.69, 9.17) is 0 Å².